The molecule has 2 nitrogen and oxygen atoms in total. The number of hydrogen-bond donors (Lipinski definition) is 2. The van der Waals surface area contributed by atoms with E-state index >= 15 is 0 Å². The van der Waals surface area contributed by atoms with Gasteiger partial charge in [-0.3, -0.25) is 0 Å². The summed E-state index contributed by atoms with van der Waals surface area (Å²) in [7, 11) is 0. The molecular formula is C7H16N2. The summed E-state index contributed by atoms with van der Waals surface area (Å²) in [6.45, 7) is 11.6. The van der Waals surface area contributed by atoms with Crippen molar-refractivity contribution >= 4 is 0 Å². The van der Waals surface area contributed by atoms with E-state index in [4.69, 9.17) is 0 Å². The van der Waals surface area contributed by atoms with Gasteiger partial charge < -0.3 is 10.6 Å². The smallest absolute Gasteiger partial charge is 0.0164 e. The van der Waals surface area contributed by atoms with E-state index in [1.807, 2.05) is 0 Å². The van der Waals surface area contributed by atoms with E-state index in [1.165, 1.54) is 0 Å². The fourth-order valence-electron chi connectivity index (χ4n) is 0.798. The Morgan fingerprint density at radius 3 is 2.22 bits per heavy atom. The van der Waals surface area contributed by atoms with Crippen LogP contribution in [0.25, 0.3) is 0 Å². The van der Waals surface area contributed by atoms with Gasteiger partial charge in [0.15, 0.2) is 0 Å². The highest BCUT2D eigenvalue weighted by Crippen LogP contribution is 1.80. The van der Waals surface area contributed by atoms with Crippen LogP contribution >= 0.6 is 0 Å². The average molecular weight is 128 g/mol. The maximum absolute atomic E-state index is 3.32. The average Bonchev–Trinajstić information content (AvgIpc) is 1.94. The van der Waals surface area contributed by atoms with Gasteiger partial charge >= 0.3 is 0 Å². The molecule has 9 heavy (non-hydrogen) atoms. The number of nitrogens with one attached hydrogen (secondary N) is 2. The fraction of sp³-hybridized carbons (Fsp3) is 0.714. The molecule has 1 heterocycles. The molecule has 54 valence electrons. The van der Waals surface area contributed by atoms with Crippen LogP contribution in [0.3, 0.4) is 0 Å². The molecule has 2 heteroatoms. The minimum Gasteiger partial charge on any atom is -0.314 e. The summed E-state index contributed by atoms with van der Waals surface area (Å²) in [6, 6.07) is 0.675. The van der Waals surface area contributed by atoms with Crippen molar-refractivity contribution in [2.24, 2.45) is 0 Å². The molecule has 0 aromatic heterocycles. The molecule has 1 aliphatic rings. The lowest BCUT2D eigenvalue weighted by atomic mass is 10.3. The van der Waals surface area contributed by atoms with E-state index in [0.717, 1.165) is 19.6 Å². The highest BCUT2D eigenvalue weighted by Gasteiger charge is 2.03. The van der Waals surface area contributed by atoms with Crippen molar-refractivity contribution in [2.45, 2.75) is 13.0 Å². The van der Waals surface area contributed by atoms with Gasteiger partial charge in [0.2, 0.25) is 0 Å². The molecule has 0 amide bonds. The predicted molar refractivity (Wildman–Crippen MR) is 41.6 cm³/mol. The molecular weight excluding hydrogens is 112 g/mol. The van der Waals surface area contributed by atoms with Crippen molar-refractivity contribution in [3.05, 3.63) is 13.2 Å². The lowest BCUT2D eigenvalue weighted by molar-refractivity contribution is 0.442. The first-order valence-electron chi connectivity index (χ1n) is 3.33. The van der Waals surface area contributed by atoms with Gasteiger partial charge in [0, 0.05) is 25.7 Å². The minimum atomic E-state index is 0.675. The third kappa shape index (κ3) is 4.18. The van der Waals surface area contributed by atoms with Gasteiger partial charge in [-0.25, -0.2) is 0 Å². The first kappa shape index (κ1) is 8.66. The molecule has 1 saturated heterocycles. The molecule has 0 aliphatic carbocycles. The summed E-state index contributed by atoms with van der Waals surface area (Å²) in [5.41, 5.74) is 0. The van der Waals surface area contributed by atoms with Crippen LogP contribution in [0.15, 0.2) is 13.2 Å². The Morgan fingerprint density at radius 2 is 2.00 bits per heavy atom. The van der Waals surface area contributed by atoms with Crippen LogP contribution in [-0.2, 0) is 0 Å². The molecule has 0 aromatic rings. The van der Waals surface area contributed by atoms with E-state index in [2.05, 4.69) is 30.7 Å². The van der Waals surface area contributed by atoms with Gasteiger partial charge in [0.05, 0.1) is 0 Å². The topological polar surface area (TPSA) is 24.1 Å². The third-order valence-corrected chi connectivity index (χ3v) is 1.25. The Balaban J connectivity index is 0.000000291. The summed E-state index contributed by atoms with van der Waals surface area (Å²) in [5, 5.41) is 6.59. The van der Waals surface area contributed by atoms with Crippen LogP contribution in [-0.4, -0.2) is 25.7 Å². The normalized spacial score (nSPS) is 26.1. The first-order chi connectivity index (χ1) is 4.39. The van der Waals surface area contributed by atoms with Gasteiger partial charge in [-0.15, -0.1) is 13.2 Å². The Bertz CT molecular complexity index is 57.9. The fourth-order valence-corrected chi connectivity index (χ4v) is 0.798. The lowest BCUT2D eigenvalue weighted by Crippen LogP contribution is -2.46. The van der Waals surface area contributed by atoms with Gasteiger partial charge in [-0.1, -0.05) is 0 Å². The van der Waals surface area contributed by atoms with Crippen molar-refractivity contribution < 1.29 is 0 Å². The molecule has 0 radical (unpaired) electrons. The van der Waals surface area contributed by atoms with Crippen molar-refractivity contribution in [3.8, 4) is 0 Å². The van der Waals surface area contributed by atoms with Gasteiger partial charge in [-0.2, -0.15) is 0 Å². The molecule has 0 saturated carbocycles. The zero-order chi connectivity index (χ0) is 7.11. The molecule has 1 atom stereocenters. The molecule has 0 aromatic carbocycles. The van der Waals surface area contributed by atoms with Gasteiger partial charge in [0.1, 0.15) is 0 Å². The van der Waals surface area contributed by atoms with E-state index in [9.17, 15) is 0 Å². The molecule has 1 rings (SSSR count). The number of rotatable bonds is 0. The van der Waals surface area contributed by atoms with Gasteiger partial charge in [0.25, 0.3) is 0 Å². The SMILES string of the molecule is C=C.CC1CNCCN1. The second kappa shape index (κ2) is 5.79. The van der Waals surface area contributed by atoms with Crippen LogP contribution in [0.1, 0.15) is 6.92 Å². The third-order valence-electron chi connectivity index (χ3n) is 1.25. The highest BCUT2D eigenvalue weighted by molar-refractivity contribution is 4.69. The zero-order valence-electron chi connectivity index (χ0n) is 6.11. The predicted octanol–water partition coefficient (Wildman–Crippen LogP) is 0.370. The largest absolute Gasteiger partial charge is 0.314 e. The summed E-state index contributed by atoms with van der Waals surface area (Å²) in [4.78, 5) is 0. The van der Waals surface area contributed by atoms with Crippen molar-refractivity contribution in [1.29, 1.82) is 0 Å². The summed E-state index contributed by atoms with van der Waals surface area (Å²) < 4.78 is 0. The Labute approximate surface area is 57.3 Å². The van der Waals surface area contributed by atoms with Crippen LogP contribution in [0.5, 0.6) is 0 Å². The van der Waals surface area contributed by atoms with E-state index < -0.39 is 0 Å². The molecule has 0 spiro atoms. The zero-order valence-corrected chi connectivity index (χ0v) is 6.11. The first-order valence-corrected chi connectivity index (χ1v) is 3.33. The van der Waals surface area contributed by atoms with Crippen LogP contribution in [0.4, 0.5) is 0 Å². The number of hydrogen-bond acceptors (Lipinski definition) is 2. The standard InChI is InChI=1S/C5H12N2.C2H4/c1-5-4-6-2-3-7-5;1-2/h5-7H,2-4H2,1H3;1-2H2. The quantitative estimate of drug-likeness (QED) is 0.461. The molecule has 1 fully saturated rings. The minimum absolute atomic E-state index is 0.675. The maximum atomic E-state index is 3.32. The van der Waals surface area contributed by atoms with E-state index in [-0.39, 0.29) is 0 Å². The molecule has 0 bridgehead atoms. The molecule has 1 unspecified atom stereocenters. The Hall–Kier alpha value is -0.340. The second-order valence-corrected chi connectivity index (χ2v) is 2.06. The second-order valence-electron chi connectivity index (χ2n) is 2.06. The van der Waals surface area contributed by atoms with Crippen molar-refractivity contribution in [1.82, 2.24) is 10.6 Å². The number of piperazine rings is 1. The lowest BCUT2D eigenvalue weighted by Gasteiger charge is -2.19. The van der Waals surface area contributed by atoms with E-state index in [0.29, 0.717) is 6.04 Å². The summed E-state index contributed by atoms with van der Waals surface area (Å²) in [6.07, 6.45) is 0. The maximum Gasteiger partial charge on any atom is 0.0164 e. The monoisotopic (exact) mass is 128 g/mol. The summed E-state index contributed by atoms with van der Waals surface area (Å²) in [5.74, 6) is 0. The Morgan fingerprint density at radius 1 is 1.33 bits per heavy atom. The van der Waals surface area contributed by atoms with Crippen LogP contribution in [0.2, 0.25) is 0 Å². The van der Waals surface area contributed by atoms with Crippen molar-refractivity contribution in [3.63, 3.8) is 0 Å². The Kier molecular flexibility index (Phi) is 5.57. The van der Waals surface area contributed by atoms with Crippen LogP contribution in [0, 0.1) is 0 Å². The summed E-state index contributed by atoms with van der Waals surface area (Å²) >= 11 is 0. The van der Waals surface area contributed by atoms with Crippen molar-refractivity contribution in [2.75, 3.05) is 19.6 Å². The van der Waals surface area contributed by atoms with Crippen LogP contribution < -0.4 is 10.6 Å². The molecule has 1 aliphatic heterocycles. The highest BCUT2D eigenvalue weighted by atomic mass is 15.0. The van der Waals surface area contributed by atoms with E-state index in [1.54, 1.807) is 0 Å². The molecule has 2 N–H and O–H groups in total. The van der Waals surface area contributed by atoms with Gasteiger partial charge in [-0.05, 0) is 6.92 Å².